The summed E-state index contributed by atoms with van der Waals surface area (Å²) < 4.78 is 5.99. The minimum atomic E-state index is -0.330. The second-order valence-corrected chi connectivity index (χ2v) is 7.74. The first-order valence-corrected chi connectivity index (χ1v) is 10.7. The molecule has 7 nitrogen and oxygen atoms in total. The van der Waals surface area contributed by atoms with Crippen molar-refractivity contribution >= 4 is 34.9 Å². The zero-order valence-electron chi connectivity index (χ0n) is 17.8. The molecule has 0 spiro atoms. The Labute approximate surface area is 196 Å². The van der Waals surface area contributed by atoms with Gasteiger partial charge in [0.2, 0.25) is 0 Å². The first kappa shape index (κ1) is 22.2. The van der Waals surface area contributed by atoms with Crippen molar-refractivity contribution in [1.29, 1.82) is 0 Å². The van der Waals surface area contributed by atoms with Crippen LogP contribution in [0, 0.1) is 6.92 Å². The van der Waals surface area contributed by atoms with E-state index in [1.165, 1.54) is 6.20 Å². The summed E-state index contributed by atoms with van der Waals surface area (Å²) in [5, 5.41) is 6.26. The van der Waals surface area contributed by atoms with Gasteiger partial charge in [-0.2, -0.15) is 0 Å². The van der Waals surface area contributed by atoms with Gasteiger partial charge in [-0.1, -0.05) is 35.9 Å². The Hall–Kier alpha value is -3.97. The number of rotatable bonds is 7. The van der Waals surface area contributed by atoms with Crippen molar-refractivity contribution in [1.82, 2.24) is 10.3 Å². The fraction of sp³-hybridized carbons (Fsp3) is 0.120. The van der Waals surface area contributed by atoms with Gasteiger partial charge >= 0.3 is 0 Å². The van der Waals surface area contributed by atoms with Gasteiger partial charge in [0.25, 0.3) is 11.8 Å². The highest BCUT2D eigenvalue weighted by atomic mass is 35.5. The van der Waals surface area contributed by atoms with Crippen molar-refractivity contribution < 1.29 is 14.3 Å². The smallest absolute Gasteiger partial charge is 0.274 e. The fourth-order valence-corrected chi connectivity index (χ4v) is 3.34. The first-order valence-electron chi connectivity index (χ1n) is 10.3. The summed E-state index contributed by atoms with van der Waals surface area (Å²) in [6.07, 6.45) is 5.01. The molecule has 0 atom stereocenters. The summed E-state index contributed by atoms with van der Waals surface area (Å²) in [5.74, 6) is 0.812. The number of pyridine rings is 1. The minimum Gasteiger partial charge on any atom is -0.457 e. The van der Waals surface area contributed by atoms with Crippen molar-refractivity contribution in [3.05, 3.63) is 94.7 Å². The first-order chi connectivity index (χ1) is 16.0. The molecule has 2 N–H and O–H groups in total. The van der Waals surface area contributed by atoms with Gasteiger partial charge in [-0.15, -0.1) is 0 Å². The number of anilines is 1. The van der Waals surface area contributed by atoms with E-state index >= 15 is 0 Å². The van der Waals surface area contributed by atoms with Gasteiger partial charge in [0.15, 0.2) is 0 Å². The third kappa shape index (κ3) is 5.64. The number of aromatic nitrogens is 1. The van der Waals surface area contributed by atoms with E-state index in [1.807, 2.05) is 25.1 Å². The maximum atomic E-state index is 12.7. The second kappa shape index (κ2) is 10.1. The Morgan fingerprint density at radius 3 is 2.67 bits per heavy atom. The standard InChI is InChI=1S/C25H21ClN4O3/c1-16-20(24(31)29-15-17-7-9-18(26)10-8-17)4-2-6-22(16)33-19-11-13-28-23(14-19)30-25(32)21-5-3-12-27-21/h2-11,13-14H,12,15H2,1H3,(H,29,31)(H,28,30,32). The number of aliphatic imine (C=N–C) groups is 1. The number of nitrogens with one attached hydrogen (secondary N) is 2. The van der Waals surface area contributed by atoms with Crippen molar-refractivity contribution in [2.24, 2.45) is 4.99 Å². The van der Waals surface area contributed by atoms with Crippen molar-refractivity contribution in [3.8, 4) is 11.5 Å². The highest BCUT2D eigenvalue weighted by molar-refractivity contribution is 6.47. The summed E-state index contributed by atoms with van der Waals surface area (Å²) in [6.45, 7) is 2.71. The van der Waals surface area contributed by atoms with Crippen molar-refractivity contribution in [2.45, 2.75) is 13.5 Å². The molecular formula is C25H21ClN4O3. The number of hydrogen-bond donors (Lipinski definition) is 2. The van der Waals surface area contributed by atoms with Gasteiger partial charge in [0, 0.05) is 35.0 Å². The fourth-order valence-electron chi connectivity index (χ4n) is 3.22. The Balaban J connectivity index is 1.44. The number of carbonyl (C=O) groups is 2. The third-order valence-electron chi connectivity index (χ3n) is 4.97. The van der Waals surface area contributed by atoms with E-state index in [0.29, 0.717) is 52.3 Å². The van der Waals surface area contributed by atoms with Crippen LogP contribution in [0.4, 0.5) is 5.82 Å². The molecule has 33 heavy (non-hydrogen) atoms. The van der Waals surface area contributed by atoms with E-state index in [9.17, 15) is 9.59 Å². The van der Waals surface area contributed by atoms with Gasteiger partial charge in [-0.3, -0.25) is 14.6 Å². The number of nitrogens with zero attached hydrogens (tertiary/aromatic N) is 2. The average molecular weight is 461 g/mol. The van der Waals surface area contributed by atoms with Crippen LogP contribution in [0.5, 0.6) is 11.5 Å². The largest absolute Gasteiger partial charge is 0.457 e. The van der Waals surface area contributed by atoms with Crippen LogP contribution in [0.25, 0.3) is 0 Å². The van der Waals surface area contributed by atoms with Gasteiger partial charge in [0.1, 0.15) is 23.0 Å². The van der Waals surface area contributed by atoms with E-state index in [-0.39, 0.29) is 11.8 Å². The lowest BCUT2D eigenvalue weighted by molar-refractivity contribution is -0.110. The molecule has 2 heterocycles. The molecule has 1 aliphatic rings. The Bertz CT molecular complexity index is 1250. The van der Waals surface area contributed by atoms with E-state index in [1.54, 1.807) is 48.5 Å². The molecule has 166 valence electrons. The van der Waals surface area contributed by atoms with E-state index in [2.05, 4.69) is 20.6 Å². The van der Waals surface area contributed by atoms with Crippen LogP contribution in [0.15, 0.2) is 77.9 Å². The van der Waals surface area contributed by atoms with Crippen molar-refractivity contribution in [3.63, 3.8) is 0 Å². The Morgan fingerprint density at radius 2 is 1.91 bits per heavy atom. The predicted octanol–water partition coefficient (Wildman–Crippen LogP) is 4.72. The van der Waals surface area contributed by atoms with Crippen LogP contribution in [-0.4, -0.2) is 29.1 Å². The molecule has 1 aliphatic heterocycles. The molecule has 4 rings (SSSR count). The van der Waals surface area contributed by atoms with Crippen LogP contribution in [0.2, 0.25) is 5.02 Å². The van der Waals surface area contributed by atoms with E-state index in [4.69, 9.17) is 16.3 Å². The lowest BCUT2D eigenvalue weighted by Gasteiger charge is -2.13. The normalized spacial score (nSPS) is 12.2. The Morgan fingerprint density at radius 1 is 1.09 bits per heavy atom. The second-order valence-electron chi connectivity index (χ2n) is 7.30. The molecule has 2 aromatic carbocycles. The molecular weight excluding hydrogens is 440 g/mol. The van der Waals surface area contributed by atoms with Crippen LogP contribution >= 0.6 is 11.6 Å². The molecule has 0 unspecified atom stereocenters. The zero-order chi connectivity index (χ0) is 23.2. The van der Waals surface area contributed by atoms with Crippen LogP contribution in [0.3, 0.4) is 0 Å². The summed E-state index contributed by atoms with van der Waals surface area (Å²) >= 11 is 5.91. The van der Waals surface area contributed by atoms with Gasteiger partial charge < -0.3 is 15.4 Å². The molecule has 8 heteroatoms. The SMILES string of the molecule is Cc1c(Oc2ccnc(NC(=O)C3=NCC=C3)c2)cccc1C(=O)NCc1ccc(Cl)cc1. The maximum absolute atomic E-state index is 12.7. The highest BCUT2D eigenvalue weighted by Crippen LogP contribution is 2.28. The molecule has 3 aromatic rings. The molecule has 0 saturated carbocycles. The van der Waals surface area contributed by atoms with Gasteiger partial charge in [0.05, 0.1) is 6.54 Å². The molecule has 0 saturated heterocycles. The number of ether oxygens (including phenoxy) is 1. The summed E-state index contributed by atoms with van der Waals surface area (Å²) in [4.78, 5) is 33.2. The quantitative estimate of drug-likeness (QED) is 0.533. The molecule has 0 radical (unpaired) electrons. The minimum absolute atomic E-state index is 0.207. The molecule has 2 amide bonds. The summed E-state index contributed by atoms with van der Waals surface area (Å²) in [6, 6.07) is 15.9. The maximum Gasteiger partial charge on any atom is 0.274 e. The lowest BCUT2D eigenvalue weighted by atomic mass is 10.1. The molecule has 1 aromatic heterocycles. The number of amides is 2. The highest BCUT2D eigenvalue weighted by Gasteiger charge is 2.15. The topological polar surface area (TPSA) is 92.7 Å². The molecule has 0 aliphatic carbocycles. The molecule has 0 fully saturated rings. The number of benzene rings is 2. The lowest BCUT2D eigenvalue weighted by Crippen LogP contribution is -2.23. The average Bonchev–Trinajstić information content (AvgIpc) is 3.35. The number of halogens is 1. The van der Waals surface area contributed by atoms with Crippen molar-refractivity contribution in [2.75, 3.05) is 11.9 Å². The zero-order valence-corrected chi connectivity index (χ0v) is 18.6. The van der Waals surface area contributed by atoms with Gasteiger partial charge in [-0.25, -0.2) is 4.98 Å². The van der Waals surface area contributed by atoms with Crippen LogP contribution < -0.4 is 15.4 Å². The number of carbonyl (C=O) groups excluding carboxylic acids is 2. The molecule has 0 bridgehead atoms. The predicted molar refractivity (Wildman–Crippen MR) is 128 cm³/mol. The summed E-state index contributed by atoms with van der Waals surface area (Å²) in [7, 11) is 0. The van der Waals surface area contributed by atoms with Gasteiger partial charge in [-0.05, 0) is 48.9 Å². The number of hydrogen-bond acceptors (Lipinski definition) is 5. The van der Waals surface area contributed by atoms with E-state index in [0.717, 1.165) is 5.56 Å². The third-order valence-corrected chi connectivity index (χ3v) is 5.22. The summed E-state index contributed by atoms with van der Waals surface area (Å²) in [5.41, 5.74) is 2.51. The van der Waals surface area contributed by atoms with Crippen LogP contribution in [0.1, 0.15) is 21.5 Å². The monoisotopic (exact) mass is 460 g/mol. The van der Waals surface area contributed by atoms with Crippen LogP contribution in [-0.2, 0) is 11.3 Å². The Kier molecular flexibility index (Phi) is 6.80. The van der Waals surface area contributed by atoms with E-state index < -0.39 is 0 Å².